The maximum Gasteiger partial charge on any atom is 0.270 e. The molecule has 0 unspecified atom stereocenters. The Kier molecular flexibility index (Phi) is 4.93. The second-order valence-corrected chi connectivity index (χ2v) is 6.11. The Morgan fingerprint density at radius 1 is 1.24 bits per heavy atom. The van der Waals surface area contributed by atoms with E-state index in [0.717, 1.165) is 5.56 Å². The summed E-state index contributed by atoms with van der Waals surface area (Å²) in [5.41, 5.74) is 1.06. The second-order valence-electron chi connectivity index (χ2n) is 4.88. The first-order valence-corrected chi connectivity index (χ1v) is 8.04. The van der Waals surface area contributed by atoms with Crippen molar-refractivity contribution in [1.29, 1.82) is 0 Å². The van der Waals surface area contributed by atoms with Crippen LogP contribution in [0.2, 0.25) is 10.0 Å². The summed E-state index contributed by atoms with van der Waals surface area (Å²) in [4.78, 5) is 10.4. The van der Waals surface area contributed by atoms with Crippen LogP contribution in [-0.2, 0) is 0 Å². The molecule has 0 aliphatic carbocycles. The molecule has 0 saturated heterocycles. The second kappa shape index (κ2) is 7.14. The van der Waals surface area contributed by atoms with Crippen LogP contribution in [0.1, 0.15) is 5.56 Å². The van der Waals surface area contributed by atoms with E-state index in [1.54, 1.807) is 24.3 Å². The molecule has 1 N–H and O–H groups in total. The molecule has 1 heterocycles. The van der Waals surface area contributed by atoms with Gasteiger partial charge in [0.15, 0.2) is 5.82 Å². The number of rotatable bonds is 4. The fraction of sp³-hybridized carbons (Fsp3) is 0. The average molecular weight is 394 g/mol. The Hall–Kier alpha value is -2.55. The summed E-state index contributed by atoms with van der Waals surface area (Å²) >= 11 is 17.1. The van der Waals surface area contributed by atoms with Crippen LogP contribution in [-0.4, -0.2) is 26.0 Å². The third kappa shape index (κ3) is 3.76. The van der Waals surface area contributed by atoms with Crippen LogP contribution in [0.15, 0.2) is 47.6 Å². The molecule has 0 atom stereocenters. The summed E-state index contributed by atoms with van der Waals surface area (Å²) in [5, 5.41) is 22.9. The van der Waals surface area contributed by atoms with Crippen molar-refractivity contribution < 1.29 is 4.92 Å². The average Bonchev–Trinajstić information content (AvgIpc) is 2.95. The highest BCUT2D eigenvalue weighted by molar-refractivity contribution is 7.71. The Morgan fingerprint density at radius 2 is 1.96 bits per heavy atom. The number of nitrogens with one attached hydrogen (secondary N) is 1. The molecule has 0 fully saturated rings. The molecule has 126 valence electrons. The van der Waals surface area contributed by atoms with Gasteiger partial charge in [0.2, 0.25) is 4.77 Å². The number of nitrogens with zero attached hydrogens (tertiary/aromatic N) is 4. The summed E-state index contributed by atoms with van der Waals surface area (Å²) in [6.07, 6.45) is 1.39. The molecule has 2 aromatic carbocycles. The largest absolute Gasteiger partial charge is 0.270 e. The number of aromatic amines is 1. The summed E-state index contributed by atoms with van der Waals surface area (Å²) in [6, 6.07) is 11.1. The van der Waals surface area contributed by atoms with Gasteiger partial charge >= 0.3 is 0 Å². The lowest BCUT2D eigenvalue weighted by Crippen LogP contribution is -1.96. The first kappa shape index (κ1) is 17.3. The molecular weight excluding hydrogens is 385 g/mol. The molecule has 7 nitrogen and oxygen atoms in total. The summed E-state index contributed by atoms with van der Waals surface area (Å²) in [7, 11) is 0. The number of hydrogen-bond acceptors (Lipinski definition) is 5. The highest BCUT2D eigenvalue weighted by Gasteiger charge is 2.10. The number of H-pyrrole nitrogens is 1. The number of aromatic nitrogens is 3. The molecule has 0 aliphatic rings. The monoisotopic (exact) mass is 393 g/mol. The Labute approximate surface area is 156 Å². The molecule has 0 bridgehead atoms. The molecule has 3 aromatic rings. The lowest BCUT2D eigenvalue weighted by atomic mass is 10.2. The number of non-ortho nitro benzene ring substituents is 1. The summed E-state index contributed by atoms with van der Waals surface area (Å²) in [5.74, 6) is 0.472. The number of hydrogen-bond donors (Lipinski definition) is 1. The van der Waals surface area contributed by atoms with E-state index in [2.05, 4.69) is 15.3 Å². The first-order valence-electron chi connectivity index (χ1n) is 6.87. The Morgan fingerprint density at radius 3 is 2.64 bits per heavy atom. The van der Waals surface area contributed by atoms with Crippen LogP contribution < -0.4 is 0 Å². The van der Waals surface area contributed by atoms with Crippen molar-refractivity contribution >= 4 is 47.3 Å². The van der Waals surface area contributed by atoms with Crippen LogP contribution in [0.25, 0.3) is 11.4 Å². The van der Waals surface area contributed by atoms with Gasteiger partial charge in [-0.05, 0) is 42.5 Å². The third-order valence-corrected chi connectivity index (χ3v) is 4.12. The van der Waals surface area contributed by atoms with Crippen molar-refractivity contribution in [2.24, 2.45) is 5.10 Å². The number of benzene rings is 2. The fourth-order valence-corrected chi connectivity index (χ4v) is 2.52. The van der Waals surface area contributed by atoms with Gasteiger partial charge in [-0.2, -0.15) is 14.9 Å². The quantitative estimate of drug-likeness (QED) is 0.301. The van der Waals surface area contributed by atoms with Crippen LogP contribution in [0.3, 0.4) is 0 Å². The predicted octanol–water partition coefficient (Wildman–Crippen LogP) is 4.70. The lowest BCUT2D eigenvalue weighted by Gasteiger charge is -2.02. The van der Waals surface area contributed by atoms with Gasteiger partial charge in [-0.3, -0.25) is 10.1 Å². The van der Waals surface area contributed by atoms with E-state index in [-0.39, 0.29) is 10.5 Å². The fourth-order valence-electron chi connectivity index (χ4n) is 2.05. The number of nitro benzene ring substituents is 1. The van der Waals surface area contributed by atoms with Gasteiger partial charge in [-0.25, -0.2) is 5.10 Å². The number of halogens is 2. The van der Waals surface area contributed by atoms with Gasteiger partial charge in [0.25, 0.3) is 5.69 Å². The maximum absolute atomic E-state index is 10.9. The lowest BCUT2D eigenvalue weighted by molar-refractivity contribution is -0.384. The van der Waals surface area contributed by atoms with E-state index < -0.39 is 4.92 Å². The zero-order valence-electron chi connectivity index (χ0n) is 12.4. The van der Waals surface area contributed by atoms with Crippen molar-refractivity contribution in [3.05, 3.63) is 73.0 Å². The third-order valence-electron chi connectivity index (χ3n) is 3.26. The van der Waals surface area contributed by atoms with Gasteiger partial charge < -0.3 is 0 Å². The Balaban J connectivity index is 2.02. The smallest absolute Gasteiger partial charge is 0.258 e. The number of nitro groups is 1. The van der Waals surface area contributed by atoms with Crippen molar-refractivity contribution in [2.75, 3.05) is 0 Å². The highest BCUT2D eigenvalue weighted by atomic mass is 35.5. The topological polar surface area (TPSA) is 89.1 Å². The minimum atomic E-state index is -0.504. The summed E-state index contributed by atoms with van der Waals surface area (Å²) < 4.78 is 1.66. The van der Waals surface area contributed by atoms with Crippen molar-refractivity contribution in [1.82, 2.24) is 14.9 Å². The molecule has 25 heavy (non-hydrogen) atoms. The van der Waals surface area contributed by atoms with Gasteiger partial charge in [-0.15, -0.1) is 0 Å². The van der Waals surface area contributed by atoms with Crippen molar-refractivity contribution in [2.45, 2.75) is 0 Å². The molecule has 10 heteroatoms. The van der Waals surface area contributed by atoms with E-state index in [1.165, 1.54) is 29.1 Å². The molecule has 0 amide bonds. The van der Waals surface area contributed by atoms with Gasteiger partial charge in [0, 0.05) is 33.3 Å². The first-order chi connectivity index (χ1) is 12.0. The molecule has 0 aliphatic heterocycles. The van der Waals surface area contributed by atoms with Gasteiger partial charge in [0.05, 0.1) is 11.1 Å². The molecule has 1 aromatic heterocycles. The van der Waals surface area contributed by atoms with Crippen LogP contribution in [0, 0.1) is 14.9 Å². The van der Waals surface area contributed by atoms with Crippen LogP contribution >= 0.6 is 35.4 Å². The maximum atomic E-state index is 10.9. The molecular formula is C15H9Cl2N5O2S. The van der Waals surface area contributed by atoms with Crippen molar-refractivity contribution in [3.8, 4) is 11.4 Å². The van der Waals surface area contributed by atoms with Crippen molar-refractivity contribution in [3.63, 3.8) is 0 Å². The van der Waals surface area contributed by atoms with Crippen LogP contribution in [0.4, 0.5) is 5.69 Å². The molecule has 0 radical (unpaired) electrons. The highest BCUT2D eigenvalue weighted by Crippen LogP contribution is 2.22. The zero-order chi connectivity index (χ0) is 18.0. The Bertz CT molecular complexity index is 1030. The zero-order valence-corrected chi connectivity index (χ0v) is 14.7. The van der Waals surface area contributed by atoms with E-state index in [9.17, 15) is 10.1 Å². The summed E-state index contributed by atoms with van der Waals surface area (Å²) in [6.45, 7) is 0. The normalized spacial score (nSPS) is 11.1. The van der Waals surface area contributed by atoms with Gasteiger partial charge in [-0.1, -0.05) is 23.2 Å². The van der Waals surface area contributed by atoms with Gasteiger partial charge in [0.1, 0.15) is 0 Å². The van der Waals surface area contributed by atoms with E-state index >= 15 is 0 Å². The standard InChI is InChI=1S/C15H9Cl2N5O2S/c16-11-3-1-9(2-4-11)14-19-20-15(25)21(14)18-8-10-7-12(22(23)24)5-6-13(10)17/h1-8H,(H,20,25)/b18-8+. The minimum Gasteiger partial charge on any atom is -0.258 e. The minimum absolute atomic E-state index is 0.0837. The predicted molar refractivity (Wildman–Crippen MR) is 99.0 cm³/mol. The SMILES string of the molecule is O=[N+]([O-])c1ccc(Cl)c(/C=N/n2c(-c3ccc(Cl)cc3)n[nH]c2=S)c1. The van der Waals surface area contributed by atoms with E-state index in [0.29, 0.717) is 21.4 Å². The van der Waals surface area contributed by atoms with E-state index in [4.69, 9.17) is 35.4 Å². The molecule has 0 saturated carbocycles. The van der Waals surface area contributed by atoms with E-state index in [1.807, 2.05) is 0 Å². The van der Waals surface area contributed by atoms with Crippen LogP contribution in [0.5, 0.6) is 0 Å². The molecule has 0 spiro atoms. The molecule has 3 rings (SSSR count).